The van der Waals surface area contributed by atoms with Crippen LogP contribution < -0.4 is 10.6 Å². The molecule has 94 valence electrons. The molecular formula is C12H24N2O2. The first kappa shape index (κ1) is 13.5. The maximum atomic E-state index is 11.4. The van der Waals surface area contributed by atoms with E-state index in [1.807, 2.05) is 0 Å². The Kier molecular flexibility index (Phi) is 5.22. The fraction of sp³-hybridized carbons (Fsp3) is 0.917. The van der Waals surface area contributed by atoms with Crippen LogP contribution in [0.15, 0.2) is 0 Å². The lowest BCUT2D eigenvalue weighted by atomic mass is 9.92. The van der Waals surface area contributed by atoms with Crippen molar-refractivity contribution >= 4 is 5.91 Å². The van der Waals surface area contributed by atoms with E-state index in [9.17, 15) is 4.79 Å². The zero-order valence-electron chi connectivity index (χ0n) is 10.6. The largest absolute Gasteiger partial charge is 0.383 e. The van der Waals surface area contributed by atoms with E-state index in [0.29, 0.717) is 31.0 Å². The Bertz CT molecular complexity index is 225. The highest BCUT2D eigenvalue weighted by molar-refractivity contribution is 5.77. The van der Waals surface area contributed by atoms with E-state index >= 15 is 0 Å². The van der Waals surface area contributed by atoms with Crippen molar-refractivity contribution in [3.05, 3.63) is 0 Å². The van der Waals surface area contributed by atoms with Crippen molar-refractivity contribution in [2.75, 3.05) is 33.4 Å². The predicted octanol–water partition coefficient (Wildman–Crippen LogP) is 0.775. The number of hydrogen-bond acceptors (Lipinski definition) is 3. The first-order chi connectivity index (χ1) is 7.60. The average molecular weight is 228 g/mol. The fourth-order valence-electron chi connectivity index (χ4n) is 1.90. The molecule has 1 saturated carbocycles. The van der Waals surface area contributed by atoms with Crippen molar-refractivity contribution in [2.24, 2.45) is 11.3 Å². The second-order valence-electron chi connectivity index (χ2n) is 4.96. The van der Waals surface area contributed by atoms with Gasteiger partial charge in [-0.2, -0.15) is 0 Å². The Morgan fingerprint density at radius 3 is 2.62 bits per heavy atom. The zero-order valence-corrected chi connectivity index (χ0v) is 10.6. The molecule has 0 radical (unpaired) electrons. The summed E-state index contributed by atoms with van der Waals surface area (Å²) in [5, 5.41) is 6.04. The molecule has 4 nitrogen and oxygen atoms in total. The van der Waals surface area contributed by atoms with Crippen molar-refractivity contribution in [3.8, 4) is 0 Å². The predicted molar refractivity (Wildman–Crippen MR) is 64.3 cm³/mol. The molecule has 0 aromatic heterocycles. The molecule has 4 heteroatoms. The summed E-state index contributed by atoms with van der Waals surface area (Å²) in [7, 11) is 1.63. The number of methoxy groups -OCH3 is 1. The molecule has 1 fully saturated rings. The molecule has 0 aromatic rings. The Balaban J connectivity index is 2.04. The molecule has 0 saturated heterocycles. The maximum Gasteiger partial charge on any atom is 0.234 e. The molecule has 1 aliphatic carbocycles. The Morgan fingerprint density at radius 2 is 2.12 bits per heavy atom. The standard InChI is InChI=1S/C12H24N2O2/c1-10(2)12(4-5-12)9-13-8-11(15)14-6-7-16-3/h10,13H,4-9H2,1-3H3,(H,14,15). The van der Waals surface area contributed by atoms with Gasteiger partial charge in [0.25, 0.3) is 0 Å². The molecule has 0 aliphatic heterocycles. The van der Waals surface area contributed by atoms with Gasteiger partial charge in [0.15, 0.2) is 0 Å². The summed E-state index contributed by atoms with van der Waals surface area (Å²) >= 11 is 0. The molecular weight excluding hydrogens is 204 g/mol. The molecule has 0 unspecified atom stereocenters. The maximum absolute atomic E-state index is 11.4. The quantitative estimate of drug-likeness (QED) is 0.603. The summed E-state index contributed by atoms with van der Waals surface area (Å²) in [6.07, 6.45) is 2.59. The lowest BCUT2D eigenvalue weighted by Gasteiger charge is -2.19. The van der Waals surface area contributed by atoms with Gasteiger partial charge >= 0.3 is 0 Å². The number of carbonyl (C=O) groups excluding carboxylic acids is 1. The summed E-state index contributed by atoms with van der Waals surface area (Å²) in [5.41, 5.74) is 0.465. The smallest absolute Gasteiger partial charge is 0.234 e. The fourth-order valence-corrected chi connectivity index (χ4v) is 1.90. The number of nitrogens with one attached hydrogen (secondary N) is 2. The summed E-state index contributed by atoms with van der Waals surface area (Å²) in [5.74, 6) is 0.758. The third-order valence-corrected chi connectivity index (χ3v) is 3.51. The monoisotopic (exact) mass is 228 g/mol. The van der Waals surface area contributed by atoms with Crippen LogP contribution in [0.2, 0.25) is 0 Å². The van der Waals surface area contributed by atoms with E-state index in [1.165, 1.54) is 12.8 Å². The average Bonchev–Trinajstić information content (AvgIpc) is 2.99. The van der Waals surface area contributed by atoms with E-state index in [4.69, 9.17) is 4.74 Å². The summed E-state index contributed by atoms with van der Waals surface area (Å²) < 4.78 is 4.86. The van der Waals surface area contributed by atoms with E-state index < -0.39 is 0 Å². The number of hydrogen-bond donors (Lipinski definition) is 2. The van der Waals surface area contributed by atoms with Crippen LogP contribution in [-0.4, -0.2) is 39.3 Å². The van der Waals surface area contributed by atoms with Crippen molar-refractivity contribution in [1.29, 1.82) is 0 Å². The van der Waals surface area contributed by atoms with Gasteiger partial charge < -0.3 is 15.4 Å². The van der Waals surface area contributed by atoms with E-state index in [2.05, 4.69) is 24.5 Å². The van der Waals surface area contributed by atoms with Crippen molar-refractivity contribution < 1.29 is 9.53 Å². The Labute approximate surface area is 98.1 Å². The summed E-state index contributed by atoms with van der Waals surface area (Å²) in [6.45, 7) is 7.05. The lowest BCUT2D eigenvalue weighted by Crippen LogP contribution is -2.38. The van der Waals surface area contributed by atoms with Crippen LogP contribution in [0, 0.1) is 11.3 Å². The highest BCUT2D eigenvalue weighted by Gasteiger charge is 2.44. The van der Waals surface area contributed by atoms with Crippen LogP contribution in [0.3, 0.4) is 0 Å². The molecule has 2 N–H and O–H groups in total. The van der Waals surface area contributed by atoms with Gasteiger partial charge in [-0.1, -0.05) is 13.8 Å². The van der Waals surface area contributed by atoms with Crippen LogP contribution in [-0.2, 0) is 9.53 Å². The first-order valence-electron chi connectivity index (χ1n) is 6.07. The minimum absolute atomic E-state index is 0.0524. The molecule has 0 bridgehead atoms. The minimum atomic E-state index is 0.0524. The Morgan fingerprint density at radius 1 is 1.44 bits per heavy atom. The van der Waals surface area contributed by atoms with Gasteiger partial charge in [-0.25, -0.2) is 0 Å². The van der Waals surface area contributed by atoms with Gasteiger partial charge in [0.2, 0.25) is 5.91 Å². The van der Waals surface area contributed by atoms with E-state index in [1.54, 1.807) is 7.11 Å². The van der Waals surface area contributed by atoms with Crippen LogP contribution in [0.1, 0.15) is 26.7 Å². The zero-order chi connectivity index (χ0) is 12.0. The molecule has 0 aromatic carbocycles. The SMILES string of the molecule is COCCNC(=O)CNCC1(C(C)C)CC1. The first-order valence-corrected chi connectivity index (χ1v) is 6.07. The van der Waals surface area contributed by atoms with Crippen LogP contribution in [0.4, 0.5) is 0 Å². The number of ether oxygens (including phenoxy) is 1. The van der Waals surface area contributed by atoms with Gasteiger partial charge in [0.1, 0.15) is 0 Å². The molecule has 16 heavy (non-hydrogen) atoms. The van der Waals surface area contributed by atoms with Crippen molar-refractivity contribution in [1.82, 2.24) is 10.6 Å². The van der Waals surface area contributed by atoms with E-state index in [-0.39, 0.29) is 5.91 Å². The molecule has 1 rings (SSSR count). The molecule has 1 amide bonds. The summed E-state index contributed by atoms with van der Waals surface area (Å²) in [6, 6.07) is 0. The van der Waals surface area contributed by atoms with Gasteiger partial charge in [0.05, 0.1) is 13.2 Å². The van der Waals surface area contributed by atoms with Gasteiger partial charge in [0, 0.05) is 20.2 Å². The Hall–Kier alpha value is -0.610. The van der Waals surface area contributed by atoms with Crippen LogP contribution in [0.25, 0.3) is 0 Å². The number of carbonyl (C=O) groups is 1. The number of amides is 1. The van der Waals surface area contributed by atoms with E-state index in [0.717, 1.165) is 6.54 Å². The van der Waals surface area contributed by atoms with Crippen molar-refractivity contribution in [2.45, 2.75) is 26.7 Å². The molecule has 0 spiro atoms. The third kappa shape index (κ3) is 4.10. The van der Waals surface area contributed by atoms with Gasteiger partial charge in [-0.15, -0.1) is 0 Å². The molecule has 0 heterocycles. The van der Waals surface area contributed by atoms with Gasteiger partial charge in [-0.05, 0) is 24.2 Å². The second kappa shape index (κ2) is 6.21. The topological polar surface area (TPSA) is 50.4 Å². The lowest BCUT2D eigenvalue weighted by molar-refractivity contribution is -0.120. The second-order valence-corrected chi connectivity index (χ2v) is 4.96. The van der Waals surface area contributed by atoms with Crippen LogP contribution in [0.5, 0.6) is 0 Å². The van der Waals surface area contributed by atoms with Crippen molar-refractivity contribution in [3.63, 3.8) is 0 Å². The minimum Gasteiger partial charge on any atom is -0.383 e. The highest BCUT2D eigenvalue weighted by Crippen LogP contribution is 2.51. The van der Waals surface area contributed by atoms with Crippen LogP contribution >= 0.6 is 0 Å². The summed E-state index contributed by atoms with van der Waals surface area (Å²) in [4.78, 5) is 11.4. The third-order valence-electron chi connectivity index (χ3n) is 3.51. The van der Waals surface area contributed by atoms with Gasteiger partial charge in [-0.3, -0.25) is 4.79 Å². The molecule has 1 aliphatic rings. The highest BCUT2D eigenvalue weighted by atomic mass is 16.5. The normalized spacial score (nSPS) is 17.5. The molecule has 0 atom stereocenters. The number of rotatable bonds is 8.